The van der Waals surface area contributed by atoms with Crippen molar-refractivity contribution >= 4 is 32.8 Å². The summed E-state index contributed by atoms with van der Waals surface area (Å²) in [6.45, 7) is 4.04. The highest BCUT2D eigenvalue weighted by atomic mass is 32.1. The Labute approximate surface area is 114 Å². The van der Waals surface area contributed by atoms with E-state index in [1.807, 2.05) is 13.8 Å². The first kappa shape index (κ1) is 11.8. The van der Waals surface area contributed by atoms with Crippen LogP contribution in [0.25, 0.3) is 20.7 Å². The highest BCUT2D eigenvalue weighted by Crippen LogP contribution is 2.37. The first-order chi connectivity index (χ1) is 8.66. The molecule has 0 radical (unpaired) electrons. The first-order valence-corrected chi connectivity index (χ1v) is 7.56. The molecule has 2 N–H and O–H groups in total. The SMILES string of the molecule is Cc1nc(-c2csc3ccccc23)sc1C(C)N. The molecule has 3 rings (SSSR count). The monoisotopic (exact) mass is 274 g/mol. The molecule has 0 bridgehead atoms. The van der Waals surface area contributed by atoms with Crippen molar-refractivity contribution in [1.82, 2.24) is 4.98 Å². The van der Waals surface area contributed by atoms with Gasteiger partial charge < -0.3 is 5.73 Å². The van der Waals surface area contributed by atoms with Gasteiger partial charge in [-0.2, -0.15) is 0 Å². The van der Waals surface area contributed by atoms with E-state index in [-0.39, 0.29) is 6.04 Å². The fourth-order valence-corrected chi connectivity index (χ4v) is 4.16. The maximum Gasteiger partial charge on any atom is 0.125 e. The fraction of sp³-hybridized carbons (Fsp3) is 0.214. The van der Waals surface area contributed by atoms with Crippen molar-refractivity contribution in [3.05, 3.63) is 40.2 Å². The van der Waals surface area contributed by atoms with Crippen LogP contribution in [0.4, 0.5) is 0 Å². The largest absolute Gasteiger partial charge is 0.323 e. The Morgan fingerprint density at radius 1 is 1.28 bits per heavy atom. The number of thiazole rings is 1. The summed E-state index contributed by atoms with van der Waals surface area (Å²) in [5.41, 5.74) is 8.25. The van der Waals surface area contributed by atoms with Gasteiger partial charge in [0.2, 0.25) is 0 Å². The minimum absolute atomic E-state index is 0.0566. The molecule has 0 aliphatic heterocycles. The van der Waals surface area contributed by atoms with Gasteiger partial charge in [0.25, 0.3) is 0 Å². The third-order valence-corrected chi connectivity index (χ3v) is 5.31. The zero-order valence-corrected chi connectivity index (χ0v) is 11.9. The predicted octanol–water partition coefficient (Wildman–Crippen LogP) is 4.35. The molecule has 1 aromatic carbocycles. The van der Waals surface area contributed by atoms with Crippen molar-refractivity contribution in [3.63, 3.8) is 0 Å². The molecular weight excluding hydrogens is 260 g/mol. The standard InChI is InChI=1S/C14H14N2S2/c1-8(15)13-9(2)16-14(18-13)11-7-17-12-6-4-3-5-10(11)12/h3-8H,15H2,1-2H3. The molecule has 2 nitrogen and oxygen atoms in total. The summed E-state index contributed by atoms with van der Waals surface area (Å²) in [4.78, 5) is 5.85. The lowest BCUT2D eigenvalue weighted by Crippen LogP contribution is -2.03. The molecule has 1 unspecified atom stereocenters. The van der Waals surface area contributed by atoms with Gasteiger partial charge in [0.15, 0.2) is 0 Å². The molecule has 2 heterocycles. The zero-order valence-electron chi connectivity index (χ0n) is 10.3. The Morgan fingerprint density at radius 2 is 2.06 bits per heavy atom. The Balaban J connectivity index is 2.17. The average Bonchev–Trinajstić information content (AvgIpc) is 2.92. The van der Waals surface area contributed by atoms with Gasteiger partial charge >= 0.3 is 0 Å². The number of nitrogens with two attached hydrogens (primary N) is 1. The summed E-state index contributed by atoms with van der Waals surface area (Å²) in [5, 5.41) is 4.55. The van der Waals surface area contributed by atoms with Gasteiger partial charge in [0, 0.05) is 31.9 Å². The zero-order chi connectivity index (χ0) is 12.7. The Bertz CT molecular complexity index is 695. The fourth-order valence-electron chi connectivity index (χ4n) is 2.09. The van der Waals surface area contributed by atoms with E-state index in [1.165, 1.54) is 20.5 Å². The quantitative estimate of drug-likeness (QED) is 0.754. The van der Waals surface area contributed by atoms with E-state index < -0.39 is 0 Å². The topological polar surface area (TPSA) is 38.9 Å². The smallest absolute Gasteiger partial charge is 0.125 e. The molecule has 0 saturated heterocycles. The van der Waals surface area contributed by atoms with E-state index in [4.69, 9.17) is 5.73 Å². The van der Waals surface area contributed by atoms with Crippen LogP contribution in [-0.4, -0.2) is 4.98 Å². The minimum Gasteiger partial charge on any atom is -0.323 e. The summed E-state index contributed by atoms with van der Waals surface area (Å²) in [5.74, 6) is 0. The van der Waals surface area contributed by atoms with E-state index in [2.05, 4.69) is 34.6 Å². The van der Waals surface area contributed by atoms with Gasteiger partial charge in [0.05, 0.1) is 5.69 Å². The predicted molar refractivity (Wildman–Crippen MR) is 80.3 cm³/mol. The number of rotatable bonds is 2. The molecule has 0 amide bonds. The van der Waals surface area contributed by atoms with E-state index >= 15 is 0 Å². The van der Waals surface area contributed by atoms with Crippen LogP contribution in [0.3, 0.4) is 0 Å². The molecule has 2 aromatic heterocycles. The van der Waals surface area contributed by atoms with E-state index in [0.29, 0.717) is 0 Å². The molecular formula is C14H14N2S2. The minimum atomic E-state index is 0.0566. The second-order valence-corrected chi connectivity index (χ2v) is 6.34. The van der Waals surface area contributed by atoms with Crippen LogP contribution in [-0.2, 0) is 0 Å². The Hall–Kier alpha value is -1.23. The lowest BCUT2D eigenvalue weighted by Gasteiger charge is -1.99. The number of hydrogen-bond donors (Lipinski definition) is 1. The van der Waals surface area contributed by atoms with Crippen molar-refractivity contribution in [1.29, 1.82) is 0 Å². The number of nitrogens with zero attached hydrogens (tertiary/aromatic N) is 1. The van der Waals surface area contributed by atoms with Crippen molar-refractivity contribution < 1.29 is 0 Å². The molecule has 0 fully saturated rings. The molecule has 4 heteroatoms. The average molecular weight is 274 g/mol. The summed E-state index contributed by atoms with van der Waals surface area (Å²) in [6.07, 6.45) is 0. The number of fused-ring (bicyclic) bond motifs is 1. The van der Waals surface area contributed by atoms with Crippen molar-refractivity contribution in [2.75, 3.05) is 0 Å². The number of aromatic nitrogens is 1. The van der Waals surface area contributed by atoms with Gasteiger partial charge in [-0.25, -0.2) is 4.98 Å². The van der Waals surface area contributed by atoms with Crippen LogP contribution in [0.1, 0.15) is 23.5 Å². The third-order valence-electron chi connectivity index (χ3n) is 2.96. The van der Waals surface area contributed by atoms with Gasteiger partial charge in [0.1, 0.15) is 5.01 Å². The molecule has 0 aliphatic rings. The summed E-state index contributed by atoms with van der Waals surface area (Å²) < 4.78 is 1.31. The second kappa shape index (κ2) is 4.46. The number of hydrogen-bond acceptors (Lipinski definition) is 4. The van der Waals surface area contributed by atoms with Gasteiger partial charge in [-0.15, -0.1) is 22.7 Å². The maximum absolute atomic E-state index is 5.97. The lowest BCUT2D eigenvalue weighted by atomic mass is 10.2. The van der Waals surface area contributed by atoms with Crippen LogP contribution < -0.4 is 5.73 Å². The lowest BCUT2D eigenvalue weighted by molar-refractivity contribution is 0.825. The van der Waals surface area contributed by atoms with Crippen LogP contribution in [0, 0.1) is 6.92 Å². The van der Waals surface area contributed by atoms with Crippen LogP contribution in [0.15, 0.2) is 29.6 Å². The number of thiophene rings is 1. The van der Waals surface area contributed by atoms with E-state index in [1.54, 1.807) is 22.7 Å². The Kier molecular flexibility index (Phi) is 2.93. The first-order valence-electron chi connectivity index (χ1n) is 5.86. The molecule has 92 valence electrons. The van der Waals surface area contributed by atoms with Crippen LogP contribution in [0.5, 0.6) is 0 Å². The summed E-state index contributed by atoms with van der Waals surface area (Å²) in [7, 11) is 0. The van der Waals surface area contributed by atoms with Gasteiger partial charge in [-0.05, 0) is 19.9 Å². The molecule has 18 heavy (non-hydrogen) atoms. The third kappa shape index (κ3) is 1.86. The highest BCUT2D eigenvalue weighted by Gasteiger charge is 2.14. The van der Waals surface area contributed by atoms with Crippen LogP contribution >= 0.6 is 22.7 Å². The molecule has 3 aromatic rings. The van der Waals surface area contributed by atoms with Gasteiger partial charge in [-0.3, -0.25) is 0 Å². The molecule has 0 spiro atoms. The number of aryl methyl sites for hydroxylation is 1. The summed E-state index contributed by atoms with van der Waals surface area (Å²) >= 11 is 3.48. The number of benzene rings is 1. The van der Waals surface area contributed by atoms with E-state index in [9.17, 15) is 0 Å². The second-order valence-electron chi connectivity index (χ2n) is 4.40. The summed E-state index contributed by atoms with van der Waals surface area (Å²) in [6, 6.07) is 8.51. The van der Waals surface area contributed by atoms with Crippen molar-refractivity contribution in [2.45, 2.75) is 19.9 Å². The highest BCUT2D eigenvalue weighted by molar-refractivity contribution is 7.19. The van der Waals surface area contributed by atoms with Crippen molar-refractivity contribution in [3.8, 4) is 10.6 Å². The van der Waals surface area contributed by atoms with Crippen molar-refractivity contribution in [2.24, 2.45) is 5.73 Å². The normalized spacial score (nSPS) is 13.1. The maximum atomic E-state index is 5.97. The van der Waals surface area contributed by atoms with Crippen LogP contribution in [0.2, 0.25) is 0 Å². The van der Waals surface area contributed by atoms with E-state index in [0.717, 1.165) is 10.7 Å². The molecule has 1 atom stereocenters. The Morgan fingerprint density at radius 3 is 2.78 bits per heavy atom. The molecule has 0 saturated carbocycles. The van der Waals surface area contributed by atoms with Gasteiger partial charge in [-0.1, -0.05) is 18.2 Å². The molecule has 0 aliphatic carbocycles.